The van der Waals surface area contributed by atoms with E-state index in [-0.39, 0.29) is 6.04 Å². The Labute approximate surface area is 178 Å². The summed E-state index contributed by atoms with van der Waals surface area (Å²) < 4.78 is 27.1. The standard InChI is InChI=1S/C22H21F2N5O2/c23-22(24)9-15(10-25)29(13-22)20(30)12-27-21(31)17-7-8-26-11-19(17)28-18-6-5-14-3-1-2-4-16(14)18/h1-4,7-8,11,15,18,28H,5-6,9,12-13H2,(H,27,31)/t15-,18?/m0/s1. The van der Waals surface area contributed by atoms with Crippen LogP contribution in [0.15, 0.2) is 42.7 Å². The highest BCUT2D eigenvalue weighted by Gasteiger charge is 2.47. The third-order valence-corrected chi connectivity index (χ3v) is 5.67. The number of nitrogens with one attached hydrogen (secondary N) is 2. The van der Waals surface area contributed by atoms with Gasteiger partial charge in [0.1, 0.15) is 6.04 Å². The highest BCUT2D eigenvalue weighted by atomic mass is 19.3. The Morgan fingerprint density at radius 3 is 2.90 bits per heavy atom. The van der Waals surface area contributed by atoms with E-state index in [0.29, 0.717) is 11.3 Å². The van der Waals surface area contributed by atoms with Crippen molar-refractivity contribution in [3.05, 3.63) is 59.4 Å². The molecule has 1 fully saturated rings. The highest BCUT2D eigenvalue weighted by molar-refractivity contribution is 6.01. The number of hydrogen-bond acceptors (Lipinski definition) is 5. The second-order valence-electron chi connectivity index (χ2n) is 7.76. The Kier molecular flexibility index (Phi) is 5.55. The van der Waals surface area contributed by atoms with Crippen LogP contribution in [0.5, 0.6) is 0 Å². The number of halogens is 2. The van der Waals surface area contributed by atoms with Gasteiger partial charge in [0.25, 0.3) is 11.8 Å². The quantitative estimate of drug-likeness (QED) is 0.768. The minimum atomic E-state index is -3.10. The number of aromatic nitrogens is 1. The number of amides is 2. The van der Waals surface area contributed by atoms with Gasteiger partial charge in [0.2, 0.25) is 5.91 Å². The number of nitrogens with zero attached hydrogens (tertiary/aromatic N) is 3. The lowest BCUT2D eigenvalue weighted by atomic mass is 10.1. The van der Waals surface area contributed by atoms with Crippen molar-refractivity contribution < 1.29 is 18.4 Å². The first-order chi connectivity index (χ1) is 14.9. The molecule has 9 heteroatoms. The van der Waals surface area contributed by atoms with Gasteiger partial charge in [-0.25, -0.2) is 8.78 Å². The van der Waals surface area contributed by atoms with Crippen LogP contribution in [0.4, 0.5) is 14.5 Å². The van der Waals surface area contributed by atoms with Crippen LogP contribution in [0.1, 0.15) is 40.4 Å². The van der Waals surface area contributed by atoms with Gasteiger partial charge in [0, 0.05) is 12.6 Å². The smallest absolute Gasteiger partial charge is 0.268 e. The van der Waals surface area contributed by atoms with Crippen molar-refractivity contribution in [1.29, 1.82) is 5.26 Å². The van der Waals surface area contributed by atoms with Crippen LogP contribution < -0.4 is 10.6 Å². The van der Waals surface area contributed by atoms with Gasteiger partial charge in [0.15, 0.2) is 0 Å². The number of fused-ring (bicyclic) bond motifs is 1. The van der Waals surface area contributed by atoms with Crippen molar-refractivity contribution in [3.8, 4) is 6.07 Å². The minimum absolute atomic E-state index is 0.0387. The number of carbonyl (C=O) groups is 2. The van der Waals surface area contributed by atoms with Crippen LogP contribution >= 0.6 is 0 Å². The van der Waals surface area contributed by atoms with Crippen LogP contribution in [0.2, 0.25) is 0 Å². The van der Waals surface area contributed by atoms with E-state index in [1.807, 2.05) is 18.2 Å². The van der Waals surface area contributed by atoms with Gasteiger partial charge in [-0.15, -0.1) is 0 Å². The lowest BCUT2D eigenvalue weighted by Crippen LogP contribution is -2.43. The van der Waals surface area contributed by atoms with E-state index in [1.54, 1.807) is 12.3 Å². The molecule has 2 N–H and O–H groups in total. The molecule has 2 aliphatic rings. The van der Waals surface area contributed by atoms with Crippen molar-refractivity contribution in [1.82, 2.24) is 15.2 Å². The molecule has 0 bridgehead atoms. The predicted octanol–water partition coefficient (Wildman–Crippen LogP) is 2.67. The molecule has 7 nitrogen and oxygen atoms in total. The summed E-state index contributed by atoms with van der Waals surface area (Å²) in [5, 5.41) is 14.9. The maximum absolute atomic E-state index is 13.6. The topological polar surface area (TPSA) is 98.1 Å². The fourth-order valence-electron chi connectivity index (χ4n) is 4.15. The van der Waals surface area contributed by atoms with E-state index in [1.165, 1.54) is 23.4 Å². The highest BCUT2D eigenvalue weighted by Crippen LogP contribution is 2.34. The summed E-state index contributed by atoms with van der Waals surface area (Å²) in [7, 11) is 0. The second kappa shape index (κ2) is 8.30. The normalized spacial score (nSPS) is 21.3. The van der Waals surface area contributed by atoms with E-state index in [2.05, 4.69) is 21.7 Å². The lowest BCUT2D eigenvalue weighted by molar-refractivity contribution is -0.131. The molecule has 1 aromatic heterocycles. The summed E-state index contributed by atoms with van der Waals surface area (Å²) in [6.45, 7) is -1.29. The second-order valence-corrected chi connectivity index (χ2v) is 7.76. The summed E-state index contributed by atoms with van der Waals surface area (Å²) in [6, 6.07) is 10.2. The van der Waals surface area contributed by atoms with Gasteiger partial charge in [-0.05, 0) is 30.0 Å². The molecule has 1 aliphatic heterocycles. The Hall–Kier alpha value is -3.54. The van der Waals surface area contributed by atoms with E-state index in [9.17, 15) is 18.4 Å². The van der Waals surface area contributed by atoms with Crippen molar-refractivity contribution in [2.24, 2.45) is 0 Å². The van der Waals surface area contributed by atoms with Crippen molar-refractivity contribution in [3.63, 3.8) is 0 Å². The number of anilines is 1. The van der Waals surface area contributed by atoms with Gasteiger partial charge in [-0.2, -0.15) is 5.26 Å². The molecule has 2 heterocycles. The Bertz CT molecular complexity index is 1050. The van der Waals surface area contributed by atoms with Crippen molar-refractivity contribution >= 4 is 17.5 Å². The molecule has 4 rings (SSSR count). The van der Waals surface area contributed by atoms with Crippen LogP contribution in [0, 0.1) is 11.3 Å². The first-order valence-corrected chi connectivity index (χ1v) is 10.0. The van der Waals surface area contributed by atoms with Crippen LogP contribution in [0.25, 0.3) is 0 Å². The molecule has 1 aliphatic carbocycles. The third kappa shape index (κ3) is 4.33. The number of rotatable bonds is 5. The van der Waals surface area contributed by atoms with Gasteiger partial charge < -0.3 is 15.5 Å². The summed E-state index contributed by atoms with van der Waals surface area (Å²) in [5.41, 5.74) is 3.26. The largest absolute Gasteiger partial charge is 0.376 e. The number of benzene rings is 1. The maximum Gasteiger partial charge on any atom is 0.268 e. The number of pyridine rings is 1. The number of aryl methyl sites for hydroxylation is 1. The summed E-state index contributed by atoms with van der Waals surface area (Å²) in [5.74, 6) is -4.34. The molecule has 0 spiro atoms. The van der Waals surface area contributed by atoms with E-state index in [4.69, 9.17) is 5.26 Å². The average molecular weight is 425 g/mol. The summed E-state index contributed by atoms with van der Waals surface area (Å²) >= 11 is 0. The first kappa shape index (κ1) is 20.7. The fraction of sp³-hybridized carbons (Fsp3) is 0.364. The molecule has 2 atom stereocenters. The molecular formula is C22H21F2N5O2. The van der Waals surface area contributed by atoms with Gasteiger partial charge in [-0.3, -0.25) is 14.6 Å². The molecule has 2 amide bonds. The predicted molar refractivity (Wildman–Crippen MR) is 108 cm³/mol. The zero-order valence-corrected chi connectivity index (χ0v) is 16.6. The molecular weight excluding hydrogens is 404 g/mol. The molecule has 0 radical (unpaired) electrons. The fourth-order valence-corrected chi connectivity index (χ4v) is 4.15. The zero-order chi connectivity index (χ0) is 22.0. The average Bonchev–Trinajstić information content (AvgIpc) is 3.32. The monoisotopic (exact) mass is 425 g/mol. The van der Waals surface area contributed by atoms with Gasteiger partial charge >= 0.3 is 0 Å². The number of carbonyl (C=O) groups excluding carboxylic acids is 2. The molecule has 2 aromatic rings. The summed E-state index contributed by atoms with van der Waals surface area (Å²) in [4.78, 5) is 30.0. The summed E-state index contributed by atoms with van der Waals surface area (Å²) in [6.07, 6.45) is 4.14. The molecule has 160 valence electrons. The number of nitriles is 1. The lowest BCUT2D eigenvalue weighted by Gasteiger charge is -2.20. The zero-order valence-electron chi connectivity index (χ0n) is 16.6. The molecule has 1 unspecified atom stereocenters. The molecule has 31 heavy (non-hydrogen) atoms. The van der Waals surface area contributed by atoms with Crippen LogP contribution in [-0.2, 0) is 11.2 Å². The van der Waals surface area contributed by atoms with Crippen LogP contribution in [-0.4, -0.2) is 46.8 Å². The first-order valence-electron chi connectivity index (χ1n) is 10.0. The van der Waals surface area contributed by atoms with E-state index < -0.39 is 43.3 Å². The van der Waals surface area contributed by atoms with Crippen LogP contribution in [0.3, 0.4) is 0 Å². The Morgan fingerprint density at radius 2 is 2.10 bits per heavy atom. The number of likely N-dealkylation sites (tertiary alicyclic amines) is 1. The molecule has 1 saturated heterocycles. The van der Waals surface area contributed by atoms with E-state index in [0.717, 1.165) is 17.7 Å². The van der Waals surface area contributed by atoms with Crippen molar-refractivity contribution in [2.45, 2.75) is 37.3 Å². The number of alkyl halides is 2. The Morgan fingerprint density at radius 1 is 1.29 bits per heavy atom. The third-order valence-electron chi connectivity index (χ3n) is 5.67. The van der Waals surface area contributed by atoms with Gasteiger partial charge in [-0.1, -0.05) is 24.3 Å². The molecule has 1 aromatic carbocycles. The van der Waals surface area contributed by atoms with Crippen molar-refractivity contribution in [2.75, 3.05) is 18.4 Å². The molecule has 0 saturated carbocycles. The Balaban J connectivity index is 1.42. The minimum Gasteiger partial charge on any atom is -0.376 e. The van der Waals surface area contributed by atoms with E-state index >= 15 is 0 Å². The van der Waals surface area contributed by atoms with Gasteiger partial charge in [0.05, 0.1) is 42.6 Å². The SMILES string of the molecule is N#C[C@@H]1CC(F)(F)CN1C(=O)CNC(=O)c1ccncc1NC1CCc2ccccc21. The maximum atomic E-state index is 13.6. The number of hydrogen-bond donors (Lipinski definition) is 2.